The van der Waals surface area contributed by atoms with E-state index in [1.807, 2.05) is 24.3 Å². The van der Waals surface area contributed by atoms with Gasteiger partial charge in [0.2, 0.25) is 10.9 Å². The molecule has 8 nitrogen and oxygen atoms in total. The summed E-state index contributed by atoms with van der Waals surface area (Å²) in [4.78, 5) is 24.4. The van der Waals surface area contributed by atoms with E-state index in [1.165, 1.54) is 11.3 Å². The first-order valence-corrected chi connectivity index (χ1v) is 10.1. The van der Waals surface area contributed by atoms with Gasteiger partial charge >= 0.3 is 0 Å². The second kappa shape index (κ2) is 10.4. The molecule has 0 saturated carbocycles. The molecule has 0 aliphatic heterocycles. The van der Waals surface area contributed by atoms with E-state index in [0.717, 1.165) is 11.3 Å². The molecule has 0 saturated heterocycles. The third-order valence-electron chi connectivity index (χ3n) is 4.22. The van der Waals surface area contributed by atoms with E-state index >= 15 is 0 Å². The highest BCUT2D eigenvalue weighted by atomic mass is 32.1. The minimum atomic E-state index is -0.340. The molecule has 2 aromatic carbocycles. The molecule has 2 N–H and O–H groups in total. The van der Waals surface area contributed by atoms with Crippen LogP contribution in [0.15, 0.2) is 48.5 Å². The predicted octanol–water partition coefficient (Wildman–Crippen LogP) is 3.06. The van der Waals surface area contributed by atoms with Crippen LogP contribution < -0.4 is 20.1 Å². The molecule has 0 fully saturated rings. The van der Waals surface area contributed by atoms with Gasteiger partial charge < -0.3 is 20.1 Å². The normalized spacial score (nSPS) is 10.3. The molecule has 156 valence electrons. The van der Waals surface area contributed by atoms with E-state index in [4.69, 9.17) is 9.47 Å². The Hall–Kier alpha value is -3.46. The van der Waals surface area contributed by atoms with Crippen LogP contribution in [0.25, 0.3) is 0 Å². The van der Waals surface area contributed by atoms with Gasteiger partial charge in [-0.25, -0.2) is 0 Å². The molecule has 0 unspecified atom stereocenters. The van der Waals surface area contributed by atoms with E-state index in [1.54, 1.807) is 38.5 Å². The Morgan fingerprint density at radius 2 is 1.57 bits per heavy atom. The summed E-state index contributed by atoms with van der Waals surface area (Å²) in [6, 6.07) is 14.5. The van der Waals surface area contributed by atoms with Gasteiger partial charge in [0.1, 0.15) is 16.5 Å². The fraction of sp³-hybridized carbons (Fsp3) is 0.238. The van der Waals surface area contributed by atoms with E-state index in [0.29, 0.717) is 29.4 Å². The third kappa shape index (κ3) is 6.02. The number of methoxy groups -OCH3 is 2. The number of ether oxygens (including phenoxy) is 2. The molecular weight excluding hydrogens is 404 g/mol. The van der Waals surface area contributed by atoms with Crippen LogP contribution in [0.1, 0.15) is 26.8 Å². The lowest BCUT2D eigenvalue weighted by atomic mass is 10.2. The summed E-state index contributed by atoms with van der Waals surface area (Å²) in [6.07, 6.45) is 0.687. The third-order valence-corrected chi connectivity index (χ3v) is 5.21. The van der Waals surface area contributed by atoms with E-state index < -0.39 is 0 Å². The lowest BCUT2D eigenvalue weighted by molar-refractivity contribution is -0.121. The van der Waals surface area contributed by atoms with Crippen LogP contribution in [0.3, 0.4) is 0 Å². The fourth-order valence-electron chi connectivity index (χ4n) is 2.56. The summed E-state index contributed by atoms with van der Waals surface area (Å²) < 4.78 is 10.2. The van der Waals surface area contributed by atoms with Crippen molar-refractivity contribution in [1.29, 1.82) is 0 Å². The van der Waals surface area contributed by atoms with Crippen LogP contribution in [-0.2, 0) is 17.8 Å². The fourth-order valence-corrected chi connectivity index (χ4v) is 3.29. The molecule has 3 aromatic rings. The topological polar surface area (TPSA) is 102 Å². The summed E-state index contributed by atoms with van der Waals surface area (Å²) in [5.41, 5.74) is 1.62. The van der Waals surface area contributed by atoms with E-state index in [9.17, 15) is 9.59 Å². The van der Waals surface area contributed by atoms with Gasteiger partial charge in [0.25, 0.3) is 5.91 Å². The summed E-state index contributed by atoms with van der Waals surface area (Å²) in [6.45, 7) is 0.439. The molecule has 0 atom stereocenters. The van der Waals surface area contributed by atoms with E-state index in [2.05, 4.69) is 20.8 Å². The maximum Gasteiger partial charge on any atom is 0.286 e. The zero-order chi connectivity index (χ0) is 21.3. The minimum Gasteiger partial charge on any atom is -0.497 e. The second-order valence-corrected chi connectivity index (χ2v) is 7.37. The van der Waals surface area contributed by atoms with Gasteiger partial charge in [0, 0.05) is 25.1 Å². The Bertz CT molecular complexity index is 987. The number of anilines is 1. The molecule has 0 spiro atoms. The number of aromatic nitrogens is 2. The van der Waals surface area contributed by atoms with Crippen molar-refractivity contribution in [2.24, 2.45) is 0 Å². The van der Waals surface area contributed by atoms with Gasteiger partial charge in [0.05, 0.1) is 14.2 Å². The van der Waals surface area contributed by atoms with Crippen molar-refractivity contribution in [3.05, 3.63) is 64.1 Å². The Morgan fingerprint density at radius 3 is 2.20 bits per heavy atom. The zero-order valence-corrected chi connectivity index (χ0v) is 17.5. The van der Waals surface area contributed by atoms with Crippen LogP contribution in [0, 0.1) is 0 Å². The quantitative estimate of drug-likeness (QED) is 0.545. The van der Waals surface area contributed by atoms with Gasteiger partial charge in [0.15, 0.2) is 0 Å². The smallest absolute Gasteiger partial charge is 0.286 e. The first-order chi connectivity index (χ1) is 14.6. The summed E-state index contributed by atoms with van der Waals surface area (Å²) in [5.74, 6) is 1.04. The number of hydrogen-bond acceptors (Lipinski definition) is 7. The number of nitrogens with zero attached hydrogens (tertiary/aromatic N) is 2. The number of benzene rings is 2. The van der Waals surface area contributed by atoms with Crippen molar-refractivity contribution in [3.63, 3.8) is 0 Å². The summed E-state index contributed by atoms with van der Waals surface area (Å²) in [5, 5.41) is 14.4. The standard InChI is InChI=1S/C21H22N4O4S/c1-28-16-7-3-14(4-8-16)13-22-18(26)11-12-19-24-25-21(30-19)20(27)23-15-5-9-17(29-2)10-6-15/h3-10H,11-13H2,1-2H3,(H,22,26)(H,23,27). The lowest BCUT2D eigenvalue weighted by Crippen LogP contribution is -2.22. The SMILES string of the molecule is COc1ccc(CNC(=O)CCc2nnc(C(=O)Nc3ccc(OC)cc3)s2)cc1. The van der Waals surface area contributed by atoms with Crippen molar-refractivity contribution in [2.45, 2.75) is 19.4 Å². The number of rotatable bonds is 9. The van der Waals surface area contributed by atoms with Crippen LogP contribution in [0.2, 0.25) is 0 Å². The number of hydrogen-bond donors (Lipinski definition) is 2. The van der Waals surface area contributed by atoms with Crippen molar-refractivity contribution in [2.75, 3.05) is 19.5 Å². The number of carbonyl (C=O) groups is 2. The van der Waals surface area contributed by atoms with Crippen LogP contribution in [0.4, 0.5) is 5.69 Å². The van der Waals surface area contributed by atoms with Gasteiger partial charge in [-0.1, -0.05) is 23.5 Å². The molecular formula is C21H22N4O4S. The highest BCUT2D eigenvalue weighted by Gasteiger charge is 2.14. The molecule has 9 heteroatoms. The monoisotopic (exact) mass is 426 g/mol. The first kappa shape index (κ1) is 21.3. The summed E-state index contributed by atoms with van der Waals surface area (Å²) >= 11 is 1.18. The molecule has 30 heavy (non-hydrogen) atoms. The van der Waals surface area contributed by atoms with Crippen molar-refractivity contribution >= 4 is 28.8 Å². The molecule has 0 radical (unpaired) electrons. The molecule has 1 aromatic heterocycles. The Morgan fingerprint density at radius 1 is 0.933 bits per heavy atom. The average Bonchev–Trinajstić information content (AvgIpc) is 3.26. The van der Waals surface area contributed by atoms with Gasteiger partial charge in [-0.05, 0) is 42.0 Å². The lowest BCUT2D eigenvalue weighted by Gasteiger charge is -2.05. The largest absolute Gasteiger partial charge is 0.497 e. The highest BCUT2D eigenvalue weighted by Crippen LogP contribution is 2.18. The predicted molar refractivity (Wildman–Crippen MR) is 114 cm³/mol. The minimum absolute atomic E-state index is 0.0924. The molecule has 1 heterocycles. The van der Waals surface area contributed by atoms with Gasteiger partial charge in [-0.2, -0.15) is 0 Å². The number of carbonyl (C=O) groups excluding carboxylic acids is 2. The number of amides is 2. The Labute approximate surface area is 178 Å². The summed E-state index contributed by atoms with van der Waals surface area (Å²) in [7, 11) is 3.19. The average molecular weight is 426 g/mol. The highest BCUT2D eigenvalue weighted by molar-refractivity contribution is 7.13. The van der Waals surface area contributed by atoms with E-state index in [-0.39, 0.29) is 23.2 Å². The maximum atomic E-state index is 12.3. The van der Waals surface area contributed by atoms with Gasteiger partial charge in [-0.15, -0.1) is 10.2 Å². The molecule has 0 bridgehead atoms. The molecule has 3 rings (SSSR count). The molecule has 0 aliphatic carbocycles. The molecule has 0 aliphatic rings. The zero-order valence-electron chi connectivity index (χ0n) is 16.7. The Kier molecular flexibility index (Phi) is 7.34. The van der Waals surface area contributed by atoms with Crippen molar-refractivity contribution < 1.29 is 19.1 Å². The second-order valence-electron chi connectivity index (χ2n) is 6.31. The molecule has 2 amide bonds. The van der Waals surface area contributed by atoms with Crippen LogP contribution in [-0.4, -0.2) is 36.2 Å². The first-order valence-electron chi connectivity index (χ1n) is 9.25. The number of nitrogens with one attached hydrogen (secondary N) is 2. The Balaban J connectivity index is 1.44. The van der Waals surface area contributed by atoms with Crippen molar-refractivity contribution in [1.82, 2.24) is 15.5 Å². The number of aryl methyl sites for hydroxylation is 1. The van der Waals surface area contributed by atoms with Gasteiger partial charge in [-0.3, -0.25) is 9.59 Å². The van der Waals surface area contributed by atoms with Crippen LogP contribution >= 0.6 is 11.3 Å². The van der Waals surface area contributed by atoms with Crippen LogP contribution in [0.5, 0.6) is 11.5 Å². The maximum absolute atomic E-state index is 12.3. The van der Waals surface area contributed by atoms with Crippen molar-refractivity contribution in [3.8, 4) is 11.5 Å².